The first kappa shape index (κ1) is 27.7. The van der Waals surface area contributed by atoms with E-state index in [-0.39, 0.29) is 28.9 Å². The summed E-state index contributed by atoms with van der Waals surface area (Å²) in [7, 11) is 0. The van der Waals surface area contributed by atoms with Crippen molar-refractivity contribution in [2.24, 2.45) is 5.92 Å². The highest BCUT2D eigenvalue weighted by atomic mass is 16.4. The second kappa shape index (κ2) is 11.1. The van der Waals surface area contributed by atoms with Crippen molar-refractivity contribution in [3.8, 4) is 0 Å². The smallest absolute Gasteiger partial charge is 0.354 e. The highest BCUT2D eigenvalue weighted by Crippen LogP contribution is 2.36. The van der Waals surface area contributed by atoms with E-state index < -0.39 is 5.97 Å². The van der Waals surface area contributed by atoms with Crippen LogP contribution >= 0.6 is 0 Å². The van der Waals surface area contributed by atoms with Crippen molar-refractivity contribution >= 4 is 29.0 Å². The first-order valence-corrected chi connectivity index (χ1v) is 14.6. The third-order valence-corrected chi connectivity index (χ3v) is 8.74. The summed E-state index contributed by atoms with van der Waals surface area (Å²) in [5.74, 6) is -0.109. The Morgan fingerprint density at radius 2 is 1.90 bits per heavy atom. The SMILES string of the molecule is Cc1cc(N2CC[C@](C)(c3ccccc3)C2)cn2nc(C(=O)NC(C)CC3CCN(c4cccc(C(=O)O)n4)C3)nc12. The quantitative estimate of drug-likeness (QED) is 0.323. The predicted molar refractivity (Wildman–Crippen MR) is 161 cm³/mol. The molecular formula is C32H37N7O3. The second-order valence-corrected chi connectivity index (χ2v) is 12.1. The number of aromatic carboxylic acids is 1. The van der Waals surface area contributed by atoms with Crippen LogP contribution in [0.4, 0.5) is 11.5 Å². The Morgan fingerprint density at radius 1 is 1.10 bits per heavy atom. The summed E-state index contributed by atoms with van der Waals surface area (Å²) in [5, 5.41) is 16.9. The summed E-state index contributed by atoms with van der Waals surface area (Å²) >= 11 is 0. The van der Waals surface area contributed by atoms with Gasteiger partial charge in [-0.25, -0.2) is 19.3 Å². The molecule has 218 valence electrons. The van der Waals surface area contributed by atoms with Crippen LogP contribution in [0.15, 0.2) is 60.8 Å². The molecule has 0 radical (unpaired) electrons. The average Bonchev–Trinajstić information content (AvgIpc) is 3.73. The van der Waals surface area contributed by atoms with Crippen LogP contribution in [0, 0.1) is 12.8 Å². The van der Waals surface area contributed by atoms with Crippen LogP contribution in [0.2, 0.25) is 0 Å². The monoisotopic (exact) mass is 567 g/mol. The van der Waals surface area contributed by atoms with E-state index >= 15 is 0 Å². The fraction of sp³-hybridized carbons (Fsp3) is 0.406. The number of benzene rings is 1. The maximum Gasteiger partial charge on any atom is 0.354 e. The van der Waals surface area contributed by atoms with Crippen LogP contribution in [0.3, 0.4) is 0 Å². The fourth-order valence-electron chi connectivity index (χ4n) is 6.46. The lowest BCUT2D eigenvalue weighted by molar-refractivity contribution is 0.0690. The number of pyridine rings is 2. The molecule has 2 aliphatic heterocycles. The molecule has 2 aliphatic rings. The highest BCUT2D eigenvalue weighted by Gasteiger charge is 2.35. The van der Waals surface area contributed by atoms with Gasteiger partial charge in [0, 0.05) is 37.6 Å². The molecule has 4 aromatic rings. The maximum atomic E-state index is 13.1. The number of carbonyl (C=O) groups excluding carboxylic acids is 1. The van der Waals surface area contributed by atoms with Gasteiger partial charge in [0.1, 0.15) is 5.82 Å². The van der Waals surface area contributed by atoms with Gasteiger partial charge in [-0.15, -0.1) is 5.10 Å². The fourth-order valence-corrected chi connectivity index (χ4v) is 6.46. The standard InChI is InChI=1S/C32H37N7O3/c1-21-16-25(38-15-13-32(3,20-38)24-8-5-4-6-9-24)19-39-29(21)35-28(36-39)30(40)33-22(2)17-23-12-14-37(18-23)27-11-7-10-26(34-27)31(41)42/h4-11,16,19,22-23H,12-15,17-18,20H2,1-3H3,(H,33,40)(H,41,42)/t22?,23?,32-/m0/s1. The number of carboxylic acid groups (broad SMARTS) is 1. The molecule has 3 aromatic heterocycles. The number of aryl methyl sites for hydroxylation is 1. The van der Waals surface area contributed by atoms with Crippen LogP contribution in [-0.4, -0.2) is 68.8 Å². The van der Waals surface area contributed by atoms with Gasteiger partial charge in [-0.2, -0.15) is 0 Å². The second-order valence-electron chi connectivity index (χ2n) is 12.1. The van der Waals surface area contributed by atoms with Gasteiger partial charge in [-0.1, -0.05) is 43.3 Å². The van der Waals surface area contributed by atoms with Crippen LogP contribution in [0.5, 0.6) is 0 Å². The van der Waals surface area contributed by atoms with Gasteiger partial charge in [0.2, 0.25) is 5.82 Å². The van der Waals surface area contributed by atoms with E-state index in [0.717, 1.165) is 56.7 Å². The van der Waals surface area contributed by atoms with Crippen molar-refractivity contribution in [1.82, 2.24) is 24.9 Å². The van der Waals surface area contributed by atoms with Gasteiger partial charge in [0.25, 0.3) is 5.91 Å². The number of aromatic nitrogens is 4. The third kappa shape index (κ3) is 5.53. The predicted octanol–water partition coefficient (Wildman–Crippen LogP) is 4.33. The van der Waals surface area contributed by atoms with Crippen LogP contribution < -0.4 is 15.1 Å². The minimum absolute atomic E-state index is 0.0463. The molecule has 3 atom stereocenters. The van der Waals surface area contributed by atoms with E-state index in [1.165, 1.54) is 11.6 Å². The zero-order valence-electron chi connectivity index (χ0n) is 24.3. The lowest BCUT2D eigenvalue weighted by Gasteiger charge is -2.26. The molecule has 42 heavy (non-hydrogen) atoms. The van der Waals surface area contributed by atoms with Gasteiger partial charge in [-0.05, 0) is 68.4 Å². The van der Waals surface area contributed by atoms with Crippen molar-refractivity contribution in [1.29, 1.82) is 0 Å². The Bertz CT molecular complexity index is 1620. The number of hydrogen-bond donors (Lipinski definition) is 2. The Balaban J connectivity index is 1.08. The number of anilines is 2. The Kier molecular flexibility index (Phi) is 7.30. The zero-order valence-corrected chi connectivity index (χ0v) is 24.3. The summed E-state index contributed by atoms with van der Waals surface area (Å²) in [5.41, 5.74) is 4.23. The number of carboxylic acids is 1. The molecule has 0 aliphatic carbocycles. The number of carbonyl (C=O) groups is 2. The van der Waals surface area contributed by atoms with E-state index in [1.54, 1.807) is 10.6 Å². The molecule has 10 heteroatoms. The van der Waals surface area contributed by atoms with Gasteiger partial charge < -0.3 is 20.2 Å². The first-order valence-electron chi connectivity index (χ1n) is 14.6. The van der Waals surface area contributed by atoms with Crippen molar-refractivity contribution in [2.45, 2.75) is 51.5 Å². The summed E-state index contributed by atoms with van der Waals surface area (Å²) < 4.78 is 1.73. The molecule has 2 fully saturated rings. The number of rotatable bonds is 8. The molecule has 5 heterocycles. The minimum atomic E-state index is -1.03. The largest absolute Gasteiger partial charge is 0.477 e. The molecule has 2 unspecified atom stereocenters. The van der Waals surface area contributed by atoms with Gasteiger partial charge in [0.05, 0.1) is 11.9 Å². The molecule has 6 rings (SSSR count). The van der Waals surface area contributed by atoms with Gasteiger partial charge >= 0.3 is 5.97 Å². The van der Waals surface area contributed by atoms with E-state index in [9.17, 15) is 14.7 Å². The molecule has 2 N–H and O–H groups in total. The van der Waals surface area contributed by atoms with E-state index in [0.29, 0.717) is 17.4 Å². The molecule has 1 amide bonds. The van der Waals surface area contributed by atoms with Crippen LogP contribution in [0.1, 0.15) is 65.3 Å². The topological polar surface area (TPSA) is 116 Å². The van der Waals surface area contributed by atoms with E-state index in [4.69, 9.17) is 0 Å². The molecule has 2 saturated heterocycles. The van der Waals surface area contributed by atoms with Crippen LogP contribution in [0.25, 0.3) is 5.65 Å². The van der Waals surface area contributed by atoms with Crippen molar-refractivity contribution in [2.75, 3.05) is 36.0 Å². The summed E-state index contributed by atoms with van der Waals surface area (Å²) in [6, 6.07) is 17.8. The molecule has 0 spiro atoms. The molecule has 10 nitrogen and oxygen atoms in total. The number of nitrogens with one attached hydrogen (secondary N) is 1. The number of amides is 1. The molecule has 0 bridgehead atoms. The summed E-state index contributed by atoms with van der Waals surface area (Å²) in [6.45, 7) is 9.78. The van der Waals surface area contributed by atoms with Crippen molar-refractivity contribution in [3.63, 3.8) is 0 Å². The van der Waals surface area contributed by atoms with Gasteiger partial charge in [0.15, 0.2) is 11.3 Å². The number of hydrogen-bond acceptors (Lipinski definition) is 7. The van der Waals surface area contributed by atoms with Crippen LogP contribution in [-0.2, 0) is 5.41 Å². The molecular weight excluding hydrogens is 530 g/mol. The normalized spacial score (nSPS) is 21.2. The first-order chi connectivity index (χ1) is 20.2. The lowest BCUT2D eigenvalue weighted by Crippen LogP contribution is -2.35. The Hall–Kier alpha value is -4.47. The van der Waals surface area contributed by atoms with Gasteiger partial charge in [-0.3, -0.25) is 4.79 Å². The molecule has 1 aromatic carbocycles. The Labute approximate surface area is 245 Å². The summed E-state index contributed by atoms with van der Waals surface area (Å²) in [6.07, 6.45) is 4.80. The number of fused-ring (bicyclic) bond motifs is 1. The Morgan fingerprint density at radius 3 is 2.69 bits per heavy atom. The lowest BCUT2D eigenvalue weighted by atomic mass is 9.82. The minimum Gasteiger partial charge on any atom is -0.477 e. The van der Waals surface area contributed by atoms with Crippen molar-refractivity contribution < 1.29 is 14.7 Å². The average molecular weight is 568 g/mol. The van der Waals surface area contributed by atoms with E-state index in [2.05, 4.69) is 73.5 Å². The maximum absolute atomic E-state index is 13.1. The number of nitrogens with zero attached hydrogens (tertiary/aromatic N) is 6. The van der Waals surface area contributed by atoms with Crippen molar-refractivity contribution in [3.05, 3.63) is 83.4 Å². The highest BCUT2D eigenvalue weighted by molar-refractivity contribution is 5.91. The van der Waals surface area contributed by atoms with E-state index in [1.807, 2.05) is 26.1 Å². The third-order valence-electron chi connectivity index (χ3n) is 8.74. The molecule has 0 saturated carbocycles. The summed E-state index contributed by atoms with van der Waals surface area (Å²) in [4.78, 5) is 37.8. The zero-order chi connectivity index (χ0) is 29.4.